The van der Waals surface area contributed by atoms with E-state index in [4.69, 9.17) is 4.84 Å². The number of carbonyl (C=O) groups excluding carboxylic acids is 2. The van der Waals surface area contributed by atoms with Gasteiger partial charge >= 0.3 is 0 Å². The molecule has 0 aromatic heterocycles. The van der Waals surface area contributed by atoms with Gasteiger partial charge in [0.1, 0.15) is 5.75 Å². The van der Waals surface area contributed by atoms with E-state index in [1.165, 1.54) is 19.2 Å². The summed E-state index contributed by atoms with van der Waals surface area (Å²) in [5, 5.41) is 18.7. The van der Waals surface area contributed by atoms with E-state index in [1.54, 1.807) is 48.5 Å². The van der Waals surface area contributed by atoms with Gasteiger partial charge in [0.2, 0.25) is 6.10 Å². The van der Waals surface area contributed by atoms with Crippen molar-refractivity contribution >= 4 is 23.7 Å². The predicted octanol–water partition coefficient (Wildman–Crippen LogP) is 2.69. The zero-order valence-corrected chi connectivity index (χ0v) is 14.9. The van der Waals surface area contributed by atoms with Crippen LogP contribution in [-0.2, 0) is 9.63 Å². The van der Waals surface area contributed by atoms with Gasteiger partial charge in [0, 0.05) is 12.1 Å². The van der Waals surface area contributed by atoms with Crippen LogP contribution in [0.15, 0.2) is 66.3 Å². The number of phenols is 1. The van der Waals surface area contributed by atoms with E-state index >= 15 is 0 Å². The van der Waals surface area contributed by atoms with Crippen LogP contribution in [0.1, 0.15) is 22.8 Å². The van der Waals surface area contributed by atoms with Gasteiger partial charge in [-0.15, -0.1) is 6.58 Å². The minimum absolute atomic E-state index is 0.0569. The second-order valence-corrected chi connectivity index (χ2v) is 5.57. The van der Waals surface area contributed by atoms with Crippen molar-refractivity contribution in [2.45, 2.75) is 13.0 Å². The Balaban J connectivity index is 1.99. The highest BCUT2D eigenvalue weighted by molar-refractivity contribution is 6.04. The molecule has 3 N–H and O–H groups in total. The normalized spacial score (nSPS) is 11.6. The molecule has 1 unspecified atom stereocenters. The summed E-state index contributed by atoms with van der Waals surface area (Å²) in [6, 6.07) is 13.3. The van der Waals surface area contributed by atoms with Gasteiger partial charge in [0.05, 0.1) is 17.5 Å². The third-order valence-electron chi connectivity index (χ3n) is 3.55. The van der Waals surface area contributed by atoms with Gasteiger partial charge < -0.3 is 20.6 Å². The highest BCUT2D eigenvalue weighted by Gasteiger charge is 2.18. The smallest absolute Gasteiger partial charge is 0.268 e. The maximum Gasteiger partial charge on any atom is 0.268 e. The van der Waals surface area contributed by atoms with Gasteiger partial charge in [0.15, 0.2) is 0 Å². The zero-order chi connectivity index (χ0) is 19.6. The molecule has 7 nitrogen and oxygen atoms in total. The lowest BCUT2D eigenvalue weighted by atomic mass is 10.1. The number of nitrogens with one attached hydrogen (secondary N) is 2. The van der Waals surface area contributed by atoms with E-state index in [9.17, 15) is 14.7 Å². The molecule has 0 aliphatic carbocycles. The Hall–Kier alpha value is -3.61. The molecule has 2 aromatic carbocycles. The lowest BCUT2D eigenvalue weighted by Crippen LogP contribution is -2.29. The van der Waals surface area contributed by atoms with Crippen molar-refractivity contribution < 1.29 is 19.5 Å². The lowest BCUT2D eigenvalue weighted by molar-refractivity contribution is -0.126. The predicted molar refractivity (Wildman–Crippen MR) is 104 cm³/mol. The van der Waals surface area contributed by atoms with E-state index in [1.807, 2.05) is 0 Å². The number of para-hydroxylation sites is 2. The minimum atomic E-state index is -0.906. The number of oxime groups is 1. The van der Waals surface area contributed by atoms with Crippen LogP contribution >= 0.6 is 0 Å². The summed E-state index contributed by atoms with van der Waals surface area (Å²) in [7, 11) is 0. The minimum Gasteiger partial charge on any atom is -0.507 e. The van der Waals surface area contributed by atoms with E-state index in [0.717, 1.165) is 0 Å². The molecule has 0 saturated heterocycles. The van der Waals surface area contributed by atoms with Crippen LogP contribution in [0.25, 0.3) is 0 Å². The number of amides is 2. The number of rotatable bonds is 8. The third kappa shape index (κ3) is 5.71. The maximum absolute atomic E-state index is 12.3. The van der Waals surface area contributed by atoms with Crippen molar-refractivity contribution in [3.8, 4) is 5.75 Å². The number of hydrogen-bond acceptors (Lipinski definition) is 5. The number of benzene rings is 2. The van der Waals surface area contributed by atoms with Crippen molar-refractivity contribution in [3.05, 3.63) is 72.3 Å². The molecule has 1 atom stereocenters. The topological polar surface area (TPSA) is 100 Å². The van der Waals surface area contributed by atoms with Crippen LogP contribution < -0.4 is 10.6 Å². The quantitative estimate of drug-likeness (QED) is 0.379. The van der Waals surface area contributed by atoms with Crippen LogP contribution in [0.2, 0.25) is 0 Å². The molecule has 0 heterocycles. The summed E-state index contributed by atoms with van der Waals surface area (Å²) in [6.45, 7) is 5.39. The third-order valence-corrected chi connectivity index (χ3v) is 3.55. The van der Waals surface area contributed by atoms with Crippen molar-refractivity contribution in [2.75, 3.05) is 11.9 Å². The van der Waals surface area contributed by atoms with Crippen molar-refractivity contribution in [1.29, 1.82) is 0 Å². The Kier molecular flexibility index (Phi) is 7.13. The summed E-state index contributed by atoms with van der Waals surface area (Å²) in [5.41, 5.74) is 1.16. The van der Waals surface area contributed by atoms with Gasteiger partial charge in [-0.05, 0) is 31.2 Å². The monoisotopic (exact) mass is 367 g/mol. The maximum atomic E-state index is 12.3. The average molecular weight is 367 g/mol. The molecule has 140 valence electrons. The second kappa shape index (κ2) is 9.76. The Labute approximate surface area is 157 Å². The van der Waals surface area contributed by atoms with Crippen LogP contribution in [0.5, 0.6) is 5.75 Å². The van der Waals surface area contributed by atoms with Gasteiger partial charge in [-0.2, -0.15) is 0 Å². The van der Waals surface area contributed by atoms with Gasteiger partial charge in [-0.1, -0.05) is 35.5 Å². The number of carbonyl (C=O) groups is 2. The molecule has 0 fully saturated rings. The van der Waals surface area contributed by atoms with Crippen LogP contribution in [0.3, 0.4) is 0 Å². The number of nitrogens with zero attached hydrogens (tertiary/aromatic N) is 1. The fourth-order valence-electron chi connectivity index (χ4n) is 2.11. The van der Waals surface area contributed by atoms with Crippen molar-refractivity contribution in [3.63, 3.8) is 0 Å². The summed E-state index contributed by atoms with van der Waals surface area (Å²) in [4.78, 5) is 29.6. The highest BCUT2D eigenvalue weighted by atomic mass is 16.6. The Bertz CT molecular complexity index is 849. The summed E-state index contributed by atoms with van der Waals surface area (Å²) in [6.07, 6.45) is 1.98. The fraction of sp³-hybridized carbons (Fsp3) is 0.150. The molecule has 0 spiro atoms. The van der Waals surface area contributed by atoms with E-state index in [-0.39, 0.29) is 11.7 Å². The van der Waals surface area contributed by atoms with Crippen molar-refractivity contribution in [1.82, 2.24) is 5.32 Å². The van der Waals surface area contributed by atoms with E-state index < -0.39 is 12.0 Å². The zero-order valence-electron chi connectivity index (χ0n) is 14.9. The molecule has 0 radical (unpaired) electrons. The lowest BCUT2D eigenvalue weighted by Gasteiger charge is -2.13. The second-order valence-electron chi connectivity index (χ2n) is 5.57. The Morgan fingerprint density at radius 3 is 2.67 bits per heavy atom. The van der Waals surface area contributed by atoms with Gasteiger partial charge in [-0.25, -0.2) is 0 Å². The summed E-state index contributed by atoms with van der Waals surface area (Å²) in [5.74, 6) is -0.730. The standard InChI is InChI=1S/C20H21N3O4/c1-3-12-21-20(26)16-9-5-6-10-17(16)23-19(25)14(2)27-22-13-15-8-4-7-11-18(15)24/h3-11,13-14,24H,1,12H2,2H3,(H,21,26)(H,23,25)/b22-13+. The summed E-state index contributed by atoms with van der Waals surface area (Å²) < 4.78 is 0. The number of aromatic hydroxyl groups is 1. The molecule has 0 bridgehead atoms. The molecule has 2 rings (SSSR count). The highest BCUT2D eigenvalue weighted by Crippen LogP contribution is 2.16. The first-order valence-electron chi connectivity index (χ1n) is 8.29. The van der Waals surface area contributed by atoms with Gasteiger partial charge in [0.25, 0.3) is 11.8 Å². The van der Waals surface area contributed by atoms with Crippen LogP contribution in [0.4, 0.5) is 5.69 Å². The molecular weight excluding hydrogens is 346 g/mol. The Morgan fingerprint density at radius 2 is 1.93 bits per heavy atom. The van der Waals surface area contributed by atoms with Crippen LogP contribution in [-0.4, -0.2) is 35.8 Å². The first-order valence-corrected chi connectivity index (χ1v) is 8.29. The molecule has 27 heavy (non-hydrogen) atoms. The summed E-state index contributed by atoms with van der Waals surface area (Å²) >= 11 is 0. The number of hydrogen-bond donors (Lipinski definition) is 3. The van der Waals surface area contributed by atoms with Gasteiger partial charge in [-0.3, -0.25) is 9.59 Å². The molecule has 7 heteroatoms. The Morgan fingerprint density at radius 1 is 1.22 bits per heavy atom. The molecule has 2 amide bonds. The number of phenolic OH excluding ortho intramolecular Hbond substituents is 1. The average Bonchev–Trinajstić information content (AvgIpc) is 2.67. The van der Waals surface area contributed by atoms with E-state index in [0.29, 0.717) is 23.4 Å². The molecule has 0 saturated carbocycles. The fourth-order valence-corrected chi connectivity index (χ4v) is 2.11. The molecule has 2 aromatic rings. The molecular formula is C20H21N3O4. The largest absolute Gasteiger partial charge is 0.507 e. The molecule has 0 aliphatic heterocycles. The number of anilines is 1. The molecule has 0 aliphatic rings. The first kappa shape index (κ1) is 19.7. The van der Waals surface area contributed by atoms with Crippen molar-refractivity contribution in [2.24, 2.45) is 5.16 Å². The SMILES string of the molecule is C=CCNC(=O)c1ccccc1NC(=O)C(C)O/N=C/c1ccccc1O. The van der Waals surface area contributed by atoms with E-state index in [2.05, 4.69) is 22.4 Å². The first-order chi connectivity index (χ1) is 13.0. The van der Waals surface area contributed by atoms with Crippen LogP contribution in [0, 0.1) is 0 Å².